The second-order valence-electron chi connectivity index (χ2n) is 7.04. The van der Waals surface area contributed by atoms with Crippen molar-refractivity contribution >= 4 is 29.0 Å². The fourth-order valence-corrected chi connectivity index (χ4v) is 2.96. The zero-order chi connectivity index (χ0) is 21.3. The number of rotatable bonds is 4. The molecule has 2 amide bonds. The van der Waals surface area contributed by atoms with Gasteiger partial charge < -0.3 is 9.73 Å². The number of aliphatic imine (C=N–C) groups is 1. The maximum atomic E-state index is 12.7. The molecule has 0 saturated carbocycles. The van der Waals surface area contributed by atoms with Crippen molar-refractivity contribution in [2.45, 2.75) is 20.8 Å². The Balaban J connectivity index is 1.50. The highest BCUT2D eigenvalue weighted by molar-refractivity contribution is 6.43. The second-order valence-corrected chi connectivity index (χ2v) is 7.04. The van der Waals surface area contributed by atoms with Gasteiger partial charge in [-0.05, 0) is 51.1 Å². The van der Waals surface area contributed by atoms with Gasteiger partial charge in [-0.1, -0.05) is 23.8 Å². The molecule has 2 aromatic carbocycles. The van der Waals surface area contributed by atoms with E-state index in [1.54, 1.807) is 18.2 Å². The largest absolute Gasteiger partial charge is 0.441 e. The number of amides is 2. The molecule has 2 heterocycles. The Kier molecular flexibility index (Phi) is 5.05. The number of carbonyl (C=O) groups excluding carboxylic acids is 2. The number of amidine groups is 1. The Morgan fingerprint density at radius 1 is 1.13 bits per heavy atom. The number of hydrogen-bond acceptors (Lipinski definition) is 6. The molecular weight excluding hydrogens is 382 g/mol. The summed E-state index contributed by atoms with van der Waals surface area (Å²) in [6.45, 7) is 5.58. The van der Waals surface area contributed by atoms with Gasteiger partial charge in [0.2, 0.25) is 11.7 Å². The SMILES string of the molecule is Cc1ccc(N2NC(C(=O)Nc3cccc(-c4nc(C)c(C)o4)c3)=NCC2=O)cc1. The number of aryl methyl sites for hydroxylation is 3. The average Bonchev–Trinajstić information content (AvgIpc) is 3.08. The number of hydrazine groups is 1. The van der Waals surface area contributed by atoms with Crippen LogP contribution in [0.1, 0.15) is 17.0 Å². The van der Waals surface area contributed by atoms with Gasteiger partial charge in [-0.3, -0.25) is 20.0 Å². The van der Waals surface area contributed by atoms with Gasteiger partial charge in [0.15, 0.2) is 0 Å². The number of aromatic nitrogens is 1. The van der Waals surface area contributed by atoms with Crippen LogP contribution in [0.2, 0.25) is 0 Å². The van der Waals surface area contributed by atoms with Gasteiger partial charge >= 0.3 is 0 Å². The molecule has 1 aliphatic heterocycles. The van der Waals surface area contributed by atoms with E-state index in [0.717, 1.165) is 22.6 Å². The smallest absolute Gasteiger partial charge is 0.292 e. The normalized spacial score (nSPS) is 13.6. The number of anilines is 2. The molecule has 30 heavy (non-hydrogen) atoms. The number of carbonyl (C=O) groups is 2. The van der Waals surface area contributed by atoms with E-state index in [1.165, 1.54) is 5.01 Å². The Labute approximate surface area is 173 Å². The van der Waals surface area contributed by atoms with Crippen LogP contribution in [0.5, 0.6) is 0 Å². The highest BCUT2D eigenvalue weighted by Crippen LogP contribution is 2.24. The molecule has 0 saturated heterocycles. The van der Waals surface area contributed by atoms with Crippen LogP contribution in [0, 0.1) is 20.8 Å². The number of benzene rings is 2. The minimum atomic E-state index is -0.448. The van der Waals surface area contributed by atoms with Crippen LogP contribution >= 0.6 is 0 Å². The van der Waals surface area contributed by atoms with Crippen molar-refractivity contribution in [1.82, 2.24) is 10.4 Å². The summed E-state index contributed by atoms with van der Waals surface area (Å²) in [6.07, 6.45) is 0. The molecule has 1 aliphatic rings. The van der Waals surface area contributed by atoms with Gasteiger partial charge in [0.1, 0.15) is 12.3 Å². The summed E-state index contributed by atoms with van der Waals surface area (Å²) in [4.78, 5) is 33.4. The van der Waals surface area contributed by atoms with E-state index in [4.69, 9.17) is 4.42 Å². The quantitative estimate of drug-likeness (QED) is 0.697. The van der Waals surface area contributed by atoms with Gasteiger partial charge in [0, 0.05) is 11.3 Å². The molecule has 1 aromatic heterocycles. The second kappa shape index (κ2) is 7.82. The lowest BCUT2D eigenvalue weighted by molar-refractivity contribution is -0.118. The zero-order valence-corrected chi connectivity index (χ0v) is 16.9. The summed E-state index contributed by atoms with van der Waals surface area (Å²) < 4.78 is 5.66. The molecule has 0 unspecified atom stereocenters. The summed E-state index contributed by atoms with van der Waals surface area (Å²) in [5.74, 6) is 0.610. The van der Waals surface area contributed by atoms with Crippen LogP contribution in [0.25, 0.3) is 11.5 Å². The summed E-state index contributed by atoms with van der Waals surface area (Å²) in [5, 5.41) is 4.13. The minimum Gasteiger partial charge on any atom is -0.441 e. The first-order valence-corrected chi connectivity index (χ1v) is 9.47. The first-order valence-electron chi connectivity index (χ1n) is 9.47. The Morgan fingerprint density at radius 3 is 2.60 bits per heavy atom. The summed E-state index contributed by atoms with van der Waals surface area (Å²) in [6, 6.07) is 14.6. The lowest BCUT2D eigenvalue weighted by atomic mass is 10.2. The van der Waals surface area contributed by atoms with E-state index < -0.39 is 5.91 Å². The van der Waals surface area contributed by atoms with Crippen molar-refractivity contribution < 1.29 is 14.0 Å². The fourth-order valence-electron chi connectivity index (χ4n) is 2.96. The van der Waals surface area contributed by atoms with Crippen molar-refractivity contribution in [2.24, 2.45) is 4.99 Å². The molecular formula is C22H21N5O3. The predicted octanol–water partition coefficient (Wildman–Crippen LogP) is 3.16. The lowest BCUT2D eigenvalue weighted by Crippen LogP contribution is -2.54. The van der Waals surface area contributed by atoms with Crippen LogP contribution in [-0.4, -0.2) is 29.2 Å². The van der Waals surface area contributed by atoms with Gasteiger partial charge in [-0.2, -0.15) is 0 Å². The van der Waals surface area contributed by atoms with Crippen molar-refractivity contribution in [3.8, 4) is 11.5 Å². The predicted molar refractivity (Wildman–Crippen MR) is 114 cm³/mol. The van der Waals surface area contributed by atoms with Gasteiger partial charge in [0.25, 0.3) is 11.8 Å². The maximum absolute atomic E-state index is 12.7. The van der Waals surface area contributed by atoms with E-state index in [2.05, 4.69) is 20.7 Å². The van der Waals surface area contributed by atoms with Crippen molar-refractivity contribution in [3.63, 3.8) is 0 Å². The highest BCUT2D eigenvalue weighted by atomic mass is 16.4. The molecule has 8 heteroatoms. The van der Waals surface area contributed by atoms with Gasteiger partial charge in [-0.15, -0.1) is 0 Å². The molecule has 0 fully saturated rings. The van der Waals surface area contributed by atoms with Crippen LogP contribution in [0.4, 0.5) is 11.4 Å². The van der Waals surface area contributed by atoms with E-state index in [-0.39, 0.29) is 18.3 Å². The summed E-state index contributed by atoms with van der Waals surface area (Å²) in [7, 11) is 0. The third kappa shape index (κ3) is 3.93. The number of hydrogen-bond donors (Lipinski definition) is 2. The van der Waals surface area contributed by atoms with Crippen LogP contribution in [0.3, 0.4) is 0 Å². The standard InChI is InChI=1S/C22H21N5O3/c1-13-7-9-18(10-8-13)27-19(28)12-23-20(26-27)21(29)25-17-6-4-5-16(11-17)22-24-14(2)15(3)30-22/h4-11H,12H2,1-3H3,(H,23,26)(H,25,29). The van der Waals surface area contributed by atoms with E-state index in [1.807, 2.05) is 51.1 Å². The van der Waals surface area contributed by atoms with E-state index in [9.17, 15) is 9.59 Å². The van der Waals surface area contributed by atoms with E-state index >= 15 is 0 Å². The Morgan fingerprint density at radius 2 is 1.90 bits per heavy atom. The number of oxazole rings is 1. The van der Waals surface area contributed by atoms with Crippen LogP contribution in [0.15, 0.2) is 57.9 Å². The molecule has 0 spiro atoms. The van der Waals surface area contributed by atoms with Crippen molar-refractivity contribution in [1.29, 1.82) is 0 Å². The Hall–Kier alpha value is -3.94. The minimum absolute atomic E-state index is 0.0587. The van der Waals surface area contributed by atoms with Crippen molar-refractivity contribution in [3.05, 3.63) is 65.5 Å². The first kappa shape index (κ1) is 19.4. The monoisotopic (exact) mass is 403 g/mol. The molecule has 2 N–H and O–H groups in total. The fraction of sp³-hybridized carbons (Fsp3) is 0.182. The summed E-state index contributed by atoms with van der Waals surface area (Å²) in [5.41, 5.74) is 6.66. The van der Waals surface area contributed by atoms with E-state index in [0.29, 0.717) is 17.3 Å². The van der Waals surface area contributed by atoms with Crippen LogP contribution in [-0.2, 0) is 9.59 Å². The molecule has 8 nitrogen and oxygen atoms in total. The molecule has 152 valence electrons. The molecule has 0 aliphatic carbocycles. The Bertz CT molecular complexity index is 1130. The number of nitrogens with zero attached hydrogens (tertiary/aromatic N) is 3. The zero-order valence-electron chi connectivity index (χ0n) is 16.9. The molecule has 0 radical (unpaired) electrons. The molecule has 4 rings (SSSR count). The third-order valence-corrected chi connectivity index (χ3v) is 4.74. The topological polar surface area (TPSA) is 99.8 Å². The lowest BCUT2D eigenvalue weighted by Gasteiger charge is -2.27. The van der Waals surface area contributed by atoms with Crippen LogP contribution < -0.4 is 15.8 Å². The van der Waals surface area contributed by atoms with Gasteiger partial charge in [-0.25, -0.2) is 9.99 Å². The maximum Gasteiger partial charge on any atom is 0.292 e. The highest BCUT2D eigenvalue weighted by Gasteiger charge is 2.25. The third-order valence-electron chi connectivity index (χ3n) is 4.74. The molecule has 0 bridgehead atoms. The van der Waals surface area contributed by atoms with Gasteiger partial charge in [0.05, 0.1) is 11.4 Å². The molecule has 0 atom stereocenters. The molecule has 3 aromatic rings. The van der Waals surface area contributed by atoms with Crippen molar-refractivity contribution in [2.75, 3.05) is 16.9 Å². The average molecular weight is 403 g/mol. The first-order chi connectivity index (χ1) is 14.4. The number of nitrogens with one attached hydrogen (secondary N) is 2. The summed E-state index contributed by atoms with van der Waals surface area (Å²) >= 11 is 0.